The number of carbonyl (C=O) groups excluding carboxylic acids is 3. The summed E-state index contributed by atoms with van der Waals surface area (Å²) in [5.41, 5.74) is 1.52. The molecule has 43 heavy (non-hydrogen) atoms. The Bertz CT molecular complexity index is 1750. The van der Waals surface area contributed by atoms with Crippen molar-refractivity contribution in [3.8, 4) is 5.75 Å². The zero-order valence-corrected chi connectivity index (χ0v) is 24.6. The van der Waals surface area contributed by atoms with Gasteiger partial charge in [-0.1, -0.05) is 18.2 Å². The van der Waals surface area contributed by atoms with Crippen LogP contribution in [0.1, 0.15) is 22.3 Å². The number of phenolic OH excluding ortho intramolecular Hbond substituents is 1. The molecular formula is C29H32N4O9S. The first-order valence-electron chi connectivity index (χ1n) is 13.3. The predicted octanol–water partition coefficient (Wildman–Crippen LogP) is 0.987. The average molecular weight is 613 g/mol. The third-order valence-electron chi connectivity index (χ3n) is 8.48. The number of amides is 1. The summed E-state index contributed by atoms with van der Waals surface area (Å²) >= 11 is 0. The van der Waals surface area contributed by atoms with Crippen molar-refractivity contribution in [1.29, 1.82) is 0 Å². The Labute approximate surface area is 247 Å². The number of nitrogens with zero attached hydrogens (tertiary/aromatic N) is 2. The van der Waals surface area contributed by atoms with Gasteiger partial charge in [0.05, 0.1) is 22.2 Å². The van der Waals surface area contributed by atoms with Gasteiger partial charge in [0.1, 0.15) is 17.1 Å². The molecule has 0 fully saturated rings. The number of benzene rings is 2. The number of fused-ring (bicyclic) bond motifs is 3. The van der Waals surface area contributed by atoms with Crippen LogP contribution in [-0.4, -0.2) is 91.1 Å². The molecule has 2 aromatic carbocycles. The number of rotatable bonds is 6. The lowest BCUT2D eigenvalue weighted by Gasteiger charge is -2.50. The molecular weight excluding hydrogens is 580 g/mol. The molecule has 228 valence electrons. The van der Waals surface area contributed by atoms with Gasteiger partial charge in [0.25, 0.3) is 15.9 Å². The van der Waals surface area contributed by atoms with Gasteiger partial charge in [-0.3, -0.25) is 24.0 Å². The van der Waals surface area contributed by atoms with Gasteiger partial charge < -0.3 is 31.1 Å². The van der Waals surface area contributed by atoms with Crippen LogP contribution >= 0.6 is 0 Å². The first-order chi connectivity index (χ1) is 20.0. The van der Waals surface area contributed by atoms with Gasteiger partial charge >= 0.3 is 0 Å². The molecule has 0 heterocycles. The van der Waals surface area contributed by atoms with E-state index in [9.17, 15) is 43.2 Å². The molecule has 2 aromatic rings. The van der Waals surface area contributed by atoms with E-state index in [-0.39, 0.29) is 34.6 Å². The maximum Gasteiger partial charge on any atom is 0.262 e. The van der Waals surface area contributed by atoms with Gasteiger partial charge in [0, 0.05) is 31.3 Å². The summed E-state index contributed by atoms with van der Waals surface area (Å²) in [6.45, 7) is 0. The largest absolute Gasteiger partial charge is 0.510 e. The fourth-order valence-electron chi connectivity index (χ4n) is 6.58. The summed E-state index contributed by atoms with van der Waals surface area (Å²) in [6, 6.07) is 7.70. The first-order valence-corrected chi connectivity index (χ1v) is 14.8. The minimum Gasteiger partial charge on any atom is -0.510 e. The quantitative estimate of drug-likeness (QED) is 0.200. The number of allylic oxidation sites excluding steroid dienone is 1. The fraction of sp³-hybridized carbons (Fsp3) is 0.345. The number of likely N-dealkylation sites (N-methyl/N-ethyl adjacent to an activating group) is 1. The van der Waals surface area contributed by atoms with Crippen molar-refractivity contribution in [3.05, 3.63) is 70.2 Å². The lowest BCUT2D eigenvalue weighted by atomic mass is 9.58. The smallest absolute Gasteiger partial charge is 0.262 e. The van der Waals surface area contributed by atoms with Gasteiger partial charge in [-0.05, 0) is 56.6 Å². The third-order valence-corrected chi connectivity index (χ3v) is 9.86. The number of nitrogens with two attached hydrogens (primary N) is 1. The van der Waals surface area contributed by atoms with Crippen LogP contribution in [0.2, 0.25) is 0 Å². The van der Waals surface area contributed by atoms with Crippen LogP contribution in [0.25, 0.3) is 0 Å². The Morgan fingerprint density at radius 1 is 1.07 bits per heavy atom. The third kappa shape index (κ3) is 4.36. The second-order valence-corrected chi connectivity index (χ2v) is 13.1. The predicted molar refractivity (Wildman–Crippen MR) is 155 cm³/mol. The average Bonchev–Trinajstić information content (AvgIpc) is 2.92. The SMILES string of the molecule is CN(C)c1cc(NS(=O)(=O)c2ccccc2)c(O)c2c1C[C@H]1C[C@H]3[C@H](N(C)C)C(O)=C(C(N)=O)C(=O)[C@@]3(O)C(O)=C1C2=O. The van der Waals surface area contributed by atoms with E-state index in [1.165, 1.54) is 35.2 Å². The summed E-state index contributed by atoms with van der Waals surface area (Å²) < 4.78 is 28.5. The molecule has 1 amide bonds. The summed E-state index contributed by atoms with van der Waals surface area (Å²) in [5, 5.41) is 45.5. The highest BCUT2D eigenvalue weighted by molar-refractivity contribution is 7.92. The lowest BCUT2D eigenvalue weighted by Crippen LogP contribution is -2.63. The van der Waals surface area contributed by atoms with E-state index in [2.05, 4.69) is 4.72 Å². The Hall–Kier alpha value is -4.40. The van der Waals surface area contributed by atoms with Crippen LogP contribution in [0.5, 0.6) is 5.75 Å². The van der Waals surface area contributed by atoms with Gasteiger partial charge in [-0.25, -0.2) is 8.42 Å². The van der Waals surface area contributed by atoms with E-state index >= 15 is 0 Å². The number of hydrogen-bond donors (Lipinski definition) is 6. The molecule has 3 aliphatic rings. The summed E-state index contributed by atoms with van der Waals surface area (Å²) in [4.78, 5) is 42.8. The zero-order chi connectivity index (χ0) is 31.8. The van der Waals surface area contributed by atoms with Crippen LogP contribution in [0, 0.1) is 11.8 Å². The number of hydrogen-bond acceptors (Lipinski definition) is 11. The highest BCUT2D eigenvalue weighted by atomic mass is 32.2. The molecule has 0 bridgehead atoms. The van der Waals surface area contributed by atoms with Crippen molar-refractivity contribution in [2.75, 3.05) is 37.8 Å². The molecule has 0 saturated carbocycles. The van der Waals surface area contributed by atoms with E-state index in [4.69, 9.17) is 5.73 Å². The molecule has 4 atom stereocenters. The number of aliphatic hydroxyl groups is 3. The van der Waals surface area contributed by atoms with Crippen molar-refractivity contribution in [1.82, 2.24) is 4.90 Å². The highest BCUT2D eigenvalue weighted by Gasteiger charge is 2.63. The minimum atomic E-state index is -4.19. The second-order valence-electron chi connectivity index (χ2n) is 11.4. The number of primary amides is 1. The van der Waals surface area contributed by atoms with Crippen LogP contribution in [0.3, 0.4) is 0 Å². The summed E-state index contributed by atoms with van der Waals surface area (Å²) in [6.07, 6.45) is -0.0108. The van der Waals surface area contributed by atoms with Crippen molar-refractivity contribution in [3.63, 3.8) is 0 Å². The van der Waals surface area contributed by atoms with Gasteiger partial charge in [-0.2, -0.15) is 0 Å². The van der Waals surface area contributed by atoms with E-state index in [0.717, 1.165) is 0 Å². The highest BCUT2D eigenvalue weighted by Crippen LogP contribution is 2.54. The van der Waals surface area contributed by atoms with E-state index < -0.39 is 73.8 Å². The number of nitrogens with one attached hydrogen (secondary N) is 1. The molecule has 0 aliphatic heterocycles. The van der Waals surface area contributed by atoms with Gasteiger partial charge in [-0.15, -0.1) is 0 Å². The molecule has 3 aliphatic carbocycles. The minimum absolute atomic E-state index is 0.0569. The Morgan fingerprint density at radius 3 is 2.26 bits per heavy atom. The van der Waals surface area contributed by atoms with E-state index in [0.29, 0.717) is 11.3 Å². The molecule has 0 aromatic heterocycles. The van der Waals surface area contributed by atoms with Crippen LogP contribution in [0.4, 0.5) is 11.4 Å². The van der Waals surface area contributed by atoms with Crippen molar-refractivity contribution >= 4 is 38.9 Å². The molecule has 7 N–H and O–H groups in total. The molecule has 0 radical (unpaired) electrons. The number of aromatic hydroxyl groups is 1. The molecule has 0 spiro atoms. The molecule has 0 saturated heterocycles. The van der Waals surface area contributed by atoms with Crippen molar-refractivity contribution in [2.24, 2.45) is 17.6 Å². The Kier molecular flexibility index (Phi) is 7.07. The van der Waals surface area contributed by atoms with Crippen molar-refractivity contribution in [2.45, 2.75) is 29.4 Å². The number of ketones is 2. The maximum atomic E-state index is 14.1. The number of phenols is 1. The van der Waals surface area contributed by atoms with Gasteiger partial charge in [0.15, 0.2) is 17.1 Å². The van der Waals surface area contributed by atoms with Crippen LogP contribution < -0.4 is 15.4 Å². The van der Waals surface area contributed by atoms with Crippen LogP contribution in [0.15, 0.2) is 64.0 Å². The summed E-state index contributed by atoms with van der Waals surface area (Å²) in [5.74, 6) is -7.87. The van der Waals surface area contributed by atoms with Gasteiger partial charge in [0.2, 0.25) is 5.78 Å². The summed E-state index contributed by atoms with van der Waals surface area (Å²) in [7, 11) is 2.26. The maximum absolute atomic E-state index is 14.1. The number of anilines is 2. The lowest BCUT2D eigenvalue weighted by molar-refractivity contribution is -0.148. The number of aliphatic hydroxyl groups excluding tert-OH is 2. The Balaban J connectivity index is 1.70. The number of sulfonamides is 1. The van der Waals surface area contributed by atoms with Crippen LogP contribution in [-0.2, 0) is 26.0 Å². The van der Waals surface area contributed by atoms with E-state index in [1.54, 1.807) is 39.2 Å². The fourth-order valence-corrected chi connectivity index (χ4v) is 7.66. The number of carbonyl (C=O) groups is 3. The normalized spacial score (nSPS) is 25.3. The zero-order valence-electron chi connectivity index (χ0n) is 23.8. The first kappa shape index (κ1) is 30.1. The number of Topliss-reactive ketones (excluding diaryl/α,β-unsaturated/α-hetero) is 2. The topological polar surface area (TPSA) is 211 Å². The monoisotopic (exact) mass is 612 g/mol. The molecule has 13 nitrogen and oxygen atoms in total. The molecule has 14 heteroatoms. The standard InChI is InChI=1S/C29H32N4O9S/c1-32(2)18-12-17(31-43(41,42)14-8-6-5-7-9-14)23(34)20-15(18)10-13-11-16-22(33(3)4)25(36)21(28(30)39)27(38)29(16,40)26(37)19(13)24(20)35/h5-9,12-13,16,22,31,34,36-37,40H,10-11H2,1-4H3,(H2,30,39)/t13-,16-,22-,29-/m0/s1. The second kappa shape index (κ2) is 10.1. The molecule has 0 unspecified atom stereocenters. The van der Waals surface area contributed by atoms with Crippen molar-refractivity contribution < 1.29 is 43.2 Å². The molecule has 5 rings (SSSR count). The Morgan fingerprint density at radius 2 is 1.70 bits per heavy atom. The van der Waals surface area contributed by atoms with E-state index in [1.807, 2.05) is 0 Å².